The van der Waals surface area contributed by atoms with Crippen molar-refractivity contribution in [3.8, 4) is 0 Å². The number of methoxy groups -OCH3 is 1. The molecule has 1 atom stereocenters. The fraction of sp³-hybridized carbons (Fsp3) is 0.700. The molecular formula is C10H18N4O2. The van der Waals surface area contributed by atoms with E-state index in [2.05, 4.69) is 20.4 Å². The highest BCUT2D eigenvalue weighted by molar-refractivity contribution is 5.75. The second kappa shape index (κ2) is 6.22. The van der Waals surface area contributed by atoms with Crippen LogP contribution in [0.1, 0.15) is 26.0 Å². The zero-order chi connectivity index (χ0) is 12.0. The minimum Gasteiger partial charge on any atom is -0.468 e. The van der Waals surface area contributed by atoms with Crippen molar-refractivity contribution in [1.82, 2.24) is 20.3 Å². The Morgan fingerprint density at radius 3 is 2.88 bits per heavy atom. The second-order valence-corrected chi connectivity index (χ2v) is 3.43. The first-order chi connectivity index (χ1) is 7.71. The number of carbonyl (C=O) groups is 1. The van der Waals surface area contributed by atoms with E-state index in [1.807, 2.05) is 20.0 Å². The van der Waals surface area contributed by atoms with Crippen LogP contribution in [0.3, 0.4) is 0 Å². The van der Waals surface area contributed by atoms with Gasteiger partial charge in [-0.05, 0) is 13.3 Å². The summed E-state index contributed by atoms with van der Waals surface area (Å²) in [5.74, 6) is -0.245. The number of nitrogens with zero attached hydrogens (tertiary/aromatic N) is 3. The molecule has 0 saturated carbocycles. The highest BCUT2D eigenvalue weighted by Gasteiger charge is 2.16. The molecule has 1 heterocycles. The van der Waals surface area contributed by atoms with Crippen molar-refractivity contribution >= 4 is 5.97 Å². The molecule has 0 aliphatic carbocycles. The molecule has 1 N–H and O–H groups in total. The molecule has 16 heavy (non-hydrogen) atoms. The summed E-state index contributed by atoms with van der Waals surface area (Å²) in [6.07, 6.45) is 2.55. The second-order valence-electron chi connectivity index (χ2n) is 3.43. The molecule has 0 fully saturated rings. The third-order valence-corrected chi connectivity index (χ3v) is 2.33. The normalized spacial score (nSPS) is 12.4. The average Bonchev–Trinajstić information content (AvgIpc) is 2.77. The highest BCUT2D eigenvalue weighted by atomic mass is 16.5. The topological polar surface area (TPSA) is 69.0 Å². The Morgan fingerprint density at radius 2 is 2.38 bits per heavy atom. The summed E-state index contributed by atoms with van der Waals surface area (Å²) in [4.78, 5) is 11.3. The largest absolute Gasteiger partial charge is 0.468 e. The van der Waals surface area contributed by atoms with Crippen molar-refractivity contribution in [3.63, 3.8) is 0 Å². The van der Waals surface area contributed by atoms with Gasteiger partial charge >= 0.3 is 5.97 Å². The monoisotopic (exact) mass is 226 g/mol. The predicted octanol–water partition coefficient (Wildman–Crippen LogP) is 0.339. The van der Waals surface area contributed by atoms with Gasteiger partial charge in [-0.15, -0.1) is 5.10 Å². The molecule has 0 aromatic carbocycles. The third kappa shape index (κ3) is 3.30. The van der Waals surface area contributed by atoms with Crippen LogP contribution in [0.2, 0.25) is 0 Å². The molecule has 0 spiro atoms. The lowest BCUT2D eigenvalue weighted by Crippen LogP contribution is -2.36. The van der Waals surface area contributed by atoms with Crippen LogP contribution in [-0.4, -0.2) is 34.1 Å². The van der Waals surface area contributed by atoms with Crippen molar-refractivity contribution in [2.45, 2.75) is 39.4 Å². The first-order valence-corrected chi connectivity index (χ1v) is 5.41. The van der Waals surface area contributed by atoms with Crippen molar-refractivity contribution in [3.05, 3.63) is 11.9 Å². The van der Waals surface area contributed by atoms with Gasteiger partial charge in [0.1, 0.15) is 6.04 Å². The van der Waals surface area contributed by atoms with Gasteiger partial charge in [-0.1, -0.05) is 12.1 Å². The quantitative estimate of drug-likeness (QED) is 0.708. The smallest absolute Gasteiger partial charge is 0.322 e. The van der Waals surface area contributed by atoms with Crippen LogP contribution in [0.4, 0.5) is 0 Å². The van der Waals surface area contributed by atoms with Gasteiger partial charge in [0.05, 0.1) is 12.8 Å². The fourth-order valence-electron chi connectivity index (χ4n) is 1.34. The maximum absolute atomic E-state index is 11.3. The van der Waals surface area contributed by atoms with Crippen LogP contribution in [0.25, 0.3) is 0 Å². The molecule has 6 heteroatoms. The van der Waals surface area contributed by atoms with Gasteiger partial charge in [-0.2, -0.15) is 0 Å². The van der Waals surface area contributed by atoms with E-state index in [1.54, 1.807) is 4.68 Å². The lowest BCUT2D eigenvalue weighted by atomic mass is 10.2. The summed E-state index contributed by atoms with van der Waals surface area (Å²) in [6, 6.07) is -0.281. The van der Waals surface area contributed by atoms with E-state index < -0.39 is 0 Å². The lowest BCUT2D eigenvalue weighted by Gasteiger charge is -2.12. The Labute approximate surface area is 95.0 Å². The summed E-state index contributed by atoms with van der Waals surface area (Å²) >= 11 is 0. The summed E-state index contributed by atoms with van der Waals surface area (Å²) in [5, 5.41) is 11.0. The zero-order valence-corrected chi connectivity index (χ0v) is 9.93. The SMILES string of the molecule is CCC(NCc1cn(CC)nn1)C(=O)OC. The number of rotatable bonds is 6. The van der Waals surface area contributed by atoms with Gasteiger partial charge in [0.25, 0.3) is 0 Å². The highest BCUT2D eigenvalue weighted by Crippen LogP contribution is 1.98. The van der Waals surface area contributed by atoms with E-state index >= 15 is 0 Å². The molecule has 0 aliphatic rings. The van der Waals surface area contributed by atoms with Gasteiger partial charge in [-0.3, -0.25) is 14.8 Å². The Bertz CT molecular complexity index is 337. The molecule has 6 nitrogen and oxygen atoms in total. The summed E-state index contributed by atoms with van der Waals surface area (Å²) in [6.45, 7) is 5.24. The van der Waals surface area contributed by atoms with E-state index in [0.717, 1.165) is 12.2 Å². The summed E-state index contributed by atoms with van der Waals surface area (Å²) in [5.41, 5.74) is 0.823. The molecule has 1 aromatic heterocycles. The number of ether oxygens (including phenoxy) is 1. The standard InChI is InChI=1S/C10H18N4O2/c1-4-9(10(15)16-3)11-6-8-7-14(5-2)13-12-8/h7,9,11H,4-6H2,1-3H3. The molecule has 0 amide bonds. The van der Waals surface area contributed by atoms with Crippen LogP contribution >= 0.6 is 0 Å². The first-order valence-electron chi connectivity index (χ1n) is 5.41. The number of hydrogen-bond donors (Lipinski definition) is 1. The minimum absolute atomic E-state index is 0.245. The number of carbonyl (C=O) groups excluding carboxylic acids is 1. The maximum Gasteiger partial charge on any atom is 0.322 e. The van der Waals surface area contributed by atoms with Crippen LogP contribution in [0, 0.1) is 0 Å². The number of aryl methyl sites for hydroxylation is 1. The lowest BCUT2D eigenvalue weighted by molar-refractivity contribution is -0.143. The van der Waals surface area contributed by atoms with Crippen LogP contribution in [0.5, 0.6) is 0 Å². The summed E-state index contributed by atoms with van der Waals surface area (Å²) < 4.78 is 6.42. The van der Waals surface area contributed by atoms with Gasteiger partial charge in [-0.25, -0.2) is 0 Å². The van der Waals surface area contributed by atoms with E-state index in [0.29, 0.717) is 13.0 Å². The molecule has 0 radical (unpaired) electrons. The van der Waals surface area contributed by atoms with Crippen LogP contribution in [0.15, 0.2) is 6.20 Å². The minimum atomic E-state index is -0.281. The van der Waals surface area contributed by atoms with Gasteiger partial charge < -0.3 is 4.74 Å². The van der Waals surface area contributed by atoms with Gasteiger partial charge in [0, 0.05) is 19.3 Å². The molecule has 1 rings (SSSR count). The van der Waals surface area contributed by atoms with Crippen molar-refractivity contribution in [2.75, 3.05) is 7.11 Å². The Balaban J connectivity index is 2.46. The molecule has 1 unspecified atom stereocenters. The number of aromatic nitrogens is 3. The first kappa shape index (κ1) is 12.6. The molecule has 0 aliphatic heterocycles. The van der Waals surface area contributed by atoms with E-state index in [4.69, 9.17) is 0 Å². The van der Waals surface area contributed by atoms with E-state index in [-0.39, 0.29) is 12.0 Å². The van der Waals surface area contributed by atoms with Crippen LogP contribution < -0.4 is 5.32 Å². The molecule has 1 aromatic rings. The van der Waals surface area contributed by atoms with Gasteiger partial charge in [0.2, 0.25) is 0 Å². The number of nitrogens with one attached hydrogen (secondary N) is 1. The fourth-order valence-corrected chi connectivity index (χ4v) is 1.34. The Kier molecular flexibility index (Phi) is 4.91. The molecular weight excluding hydrogens is 208 g/mol. The van der Waals surface area contributed by atoms with Crippen molar-refractivity contribution in [2.24, 2.45) is 0 Å². The Hall–Kier alpha value is -1.43. The average molecular weight is 226 g/mol. The van der Waals surface area contributed by atoms with E-state index in [9.17, 15) is 4.79 Å². The summed E-state index contributed by atoms with van der Waals surface area (Å²) in [7, 11) is 1.39. The number of esters is 1. The van der Waals surface area contributed by atoms with E-state index in [1.165, 1.54) is 7.11 Å². The van der Waals surface area contributed by atoms with Crippen LogP contribution in [-0.2, 0) is 22.6 Å². The Morgan fingerprint density at radius 1 is 1.62 bits per heavy atom. The zero-order valence-electron chi connectivity index (χ0n) is 9.93. The molecule has 0 saturated heterocycles. The van der Waals surface area contributed by atoms with Crippen molar-refractivity contribution < 1.29 is 9.53 Å². The van der Waals surface area contributed by atoms with Crippen molar-refractivity contribution in [1.29, 1.82) is 0 Å². The maximum atomic E-state index is 11.3. The number of hydrogen-bond acceptors (Lipinski definition) is 5. The third-order valence-electron chi connectivity index (χ3n) is 2.33. The molecule has 90 valence electrons. The predicted molar refractivity (Wildman–Crippen MR) is 58.6 cm³/mol. The van der Waals surface area contributed by atoms with Gasteiger partial charge in [0.15, 0.2) is 0 Å². The molecule has 0 bridgehead atoms.